The van der Waals surface area contributed by atoms with Crippen LogP contribution in [-0.4, -0.2) is 0 Å². The van der Waals surface area contributed by atoms with Crippen LogP contribution in [0.4, 0.5) is 34.1 Å². The molecule has 0 amide bonds. The van der Waals surface area contributed by atoms with Crippen molar-refractivity contribution in [2.75, 3.05) is 9.80 Å². The zero-order valence-electron chi connectivity index (χ0n) is 41.9. The average molecular weight is 862 g/mol. The minimum Gasteiger partial charge on any atom is -0.456 e. The van der Waals surface area contributed by atoms with Gasteiger partial charge in [0.1, 0.15) is 11.2 Å². The van der Waals surface area contributed by atoms with E-state index in [1.54, 1.807) is 0 Å². The van der Waals surface area contributed by atoms with Gasteiger partial charge in [-0.2, -0.15) is 0 Å². The quantitative estimate of drug-likeness (QED) is 0.166. The van der Waals surface area contributed by atoms with Gasteiger partial charge in [0.2, 0.25) is 0 Å². The predicted molar refractivity (Wildman–Crippen MR) is 277 cm³/mol. The maximum Gasteiger partial charge on any atom is 0.137 e. The number of anilines is 6. The van der Waals surface area contributed by atoms with E-state index in [4.69, 9.17) is 8.53 Å². The van der Waals surface area contributed by atoms with Gasteiger partial charge in [-0.25, -0.2) is 0 Å². The highest BCUT2D eigenvalue weighted by atomic mass is 16.3. The van der Waals surface area contributed by atoms with E-state index in [1.807, 2.05) is 53.4 Å². The molecule has 3 aliphatic rings. The van der Waals surface area contributed by atoms with Crippen LogP contribution in [0.5, 0.6) is 0 Å². The van der Waals surface area contributed by atoms with Gasteiger partial charge in [-0.1, -0.05) is 159 Å². The third-order valence-corrected chi connectivity index (χ3v) is 14.7. The number of furan rings is 1. The first-order chi connectivity index (χ1) is 35.0. The lowest BCUT2D eigenvalue weighted by Crippen LogP contribution is -2.26. The summed E-state index contributed by atoms with van der Waals surface area (Å²) in [6, 6.07) is 68.9. The zero-order chi connectivity index (χ0) is 48.8. The fourth-order valence-electron chi connectivity index (χ4n) is 11.9. The Bertz CT molecular complexity index is 4080. The van der Waals surface area contributed by atoms with E-state index in [0.29, 0.717) is 11.4 Å². The third kappa shape index (κ3) is 5.28. The van der Waals surface area contributed by atoms with Crippen LogP contribution in [0.3, 0.4) is 0 Å². The monoisotopic (exact) mass is 861 g/mol. The van der Waals surface area contributed by atoms with Crippen LogP contribution in [-0.2, 0) is 10.8 Å². The van der Waals surface area contributed by atoms with Crippen LogP contribution in [0.2, 0.25) is 0 Å². The summed E-state index contributed by atoms with van der Waals surface area (Å²) in [5, 5.41) is 2.14. The average Bonchev–Trinajstić information content (AvgIpc) is 4.11. The second-order valence-electron chi connectivity index (χ2n) is 18.5. The molecule has 14 rings (SSSR count). The molecular formula is C64H44N2O. The highest BCUT2D eigenvalue weighted by molar-refractivity contribution is 6.06. The molecular weight excluding hydrogens is 813 g/mol. The SMILES string of the molecule is [2H]c1c([2H])c([2H])c(N(c2ccccc2)c2ccc3c(c2)C2(c4ccccc4-c4ccc(N(c5ccc6c(c5)C(C)(C)c5ccccc5-6)c5ccc6c(c5)oc5ccccc56)cc42)c2ccccc2-3)c([2H])c1[2H]. The molecule has 3 heteroatoms. The molecule has 0 fully saturated rings. The van der Waals surface area contributed by atoms with Crippen molar-refractivity contribution in [3.8, 4) is 33.4 Å². The molecule has 0 bridgehead atoms. The molecule has 1 unspecified atom stereocenters. The second kappa shape index (κ2) is 14.1. The predicted octanol–water partition coefficient (Wildman–Crippen LogP) is 17.2. The number of rotatable bonds is 6. The fourth-order valence-corrected chi connectivity index (χ4v) is 11.9. The zero-order valence-corrected chi connectivity index (χ0v) is 36.9. The first kappa shape index (κ1) is 33.1. The minimum absolute atomic E-state index is 0.0869. The van der Waals surface area contributed by atoms with Gasteiger partial charge in [-0.05, 0) is 146 Å². The van der Waals surface area contributed by atoms with Gasteiger partial charge >= 0.3 is 0 Å². The Morgan fingerprint density at radius 3 is 1.43 bits per heavy atom. The lowest BCUT2D eigenvalue weighted by molar-refractivity contribution is 0.660. The van der Waals surface area contributed by atoms with Gasteiger partial charge in [-0.3, -0.25) is 0 Å². The highest BCUT2D eigenvalue weighted by Gasteiger charge is 2.52. The summed E-state index contributed by atoms with van der Waals surface area (Å²) in [5.74, 6) is 0. The van der Waals surface area contributed by atoms with Gasteiger partial charge in [0.05, 0.1) is 12.3 Å². The molecule has 1 heterocycles. The van der Waals surface area contributed by atoms with E-state index in [-0.39, 0.29) is 35.3 Å². The molecule has 0 aliphatic heterocycles. The summed E-state index contributed by atoms with van der Waals surface area (Å²) in [7, 11) is 0. The minimum atomic E-state index is -0.804. The Morgan fingerprint density at radius 2 is 0.791 bits per heavy atom. The molecule has 3 nitrogen and oxygen atoms in total. The van der Waals surface area contributed by atoms with Crippen LogP contribution in [0.1, 0.15) is 54.1 Å². The van der Waals surface area contributed by atoms with Crippen molar-refractivity contribution in [2.45, 2.75) is 24.7 Å². The van der Waals surface area contributed by atoms with Crippen LogP contribution in [0.15, 0.2) is 235 Å². The summed E-state index contributed by atoms with van der Waals surface area (Å²) in [4.78, 5) is 4.19. The van der Waals surface area contributed by atoms with Crippen LogP contribution in [0, 0.1) is 0 Å². The number of benzene rings is 10. The van der Waals surface area contributed by atoms with Crippen molar-refractivity contribution < 1.29 is 11.3 Å². The van der Waals surface area contributed by atoms with Gasteiger partial charge in [-0.15, -0.1) is 0 Å². The largest absolute Gasteiger partial charge is 0.456 e. The molecule has 11 aromatic rings. The molecule has 316 valence electrons. The maximum absolute atomic E-state index is 9.23. The molecule has 0 saturated carbocycles. The van der Waals surface area contributed by atoms with E-state index in [1.165, 1.54) is 22.3 Å². The number of para-hydroxylation sites is 3. The molecule has 1 atom stereocenters. The van der Waals surface area contributed by atoms with Crippen molar-refractivity contribution >= 4 is 56.1 Å². The fraction of sp³-hybridized carbons (Fsp3) is 0.0625. The Hall–Kier alpha value is -8.40. The molecule has 3 aliphatic carbocycles. The molecule has 1 aromatic heterocycles. The third-order valence-electron chi connectivity index (χ3n) is 14.7. The van der Waals surface area contributed by atoms with E-state index in [2.05, 4.69) is 170 Å². The van der Waals surface area contributed by atoms with E-state index >= 15 is 0 Å². The number of hydrogen-bond donors (Lipinski definition) is 0. The van der Waals surface area contributed by atoms with E-state index in [9.17, 15) is 2.74 Å². The molecule has 0 saturated heterocycles. The normalized spacial score (nSPS) is 16.5. The maximum atomic E-state index is 9.23. The van der Waals surface area contributed by atoms with Crippen molar-refractivity contribution in [3.63, 3.8) is 0 Å². The van der Waals surface area contributed by atoms with Crippen molar-refractivity contribution in [2.24, 2.45) is 0 Å². The first-order valence-corrected chi connectivity index (χ1v) is 22.9. The van der Waals surface area contributed by atoms with Gasteiger partial charge in [0, 0.05) is 56.4 Å². The lowest BCUT2D eigenvalue weighted by Gasteiger charge is -2.33. The second-order valence-corrected chi connectivity index (χ2v) is 18.5. The van der Waals surface area contributed by atoms with Crippen LogP contribution >= 0.6 is 0 Å². The van der Waals surface area contributed by atoms with E-state index in [0.717, 1.165) is 83.5 Å². The molecule has 10 aromatic carbocycles. The highest BCUT2D eigenvalue weighted by Crippen LogP contribution is 2.64. The first-order valence-electron chi connectivity index (χ1n) is 25.4. The summed E-state index contributed by atoms with van der Waals surface area (Å²) in [6.45, 7) is 4.64. The Balaban J connectivity index is 1.03. The Labute approximate surface area is 397 Å². The Kier molecular flexibility index (Phi) is 6.95. The molecule has 0 N–H and O–H groups in total. The van der Waals surface area contributed by atoms with Crippen molar-refractivity contribution in [1.29, 1.82) is 0 Å². The number of hydrogen-bond acceptors (Lipinski definition) is 3. The van der Waals surface area contributed by atoms with Gasteiger partial charge in [0.15, 0.2) is 0 Å². The van der Waals surface area contributed by atoms with Crippen molar-refractivity contribution in [1.82, 2.24) is 0 Å². The molecule has 1 spiro atoms. The van der Waals surface area contributed by atoms with E-state index < -0.39 is 11.5 Å². The summed E-state index contributed by atoms with van der Waals surface area (Å²) in [5.41, 5.74) is 19.1. The number of fused-ring (bicyclic) bond motifs is 16. The summed E-state index contributed by atoms with van der Waals surface area (Å²) in [6.07, 6.45) is 0. The Morgan fingerprint density at radius 1 is 0.343 bits per heavy atom. The molecule has 67 heavy (non-hydrogen) atoms. The van der Waals surface area contributed by atoms with Crippen LogP contribution in [0.25, 0.3) is 55.3 Å². The van der Waals surface area contributed by atoms with Crippen LogP contribution < -0.4 is 9.80 Å². The number of nitrogens with zero attached hydrogens (tertiary/aromatic N) is 2. The van der Waals surface area contributed by atoms with Crippen molar-refractivity contribution in [3.05, 3.63) is 264 Å². The summed E-state index contributed by atoms with van der Waals surface area (Å²) >= 11 is 0. The summed E-state index contributed by atoms with van der Waals surface area (Å²) < 4.78 is 51.0. The smallest absolute Gasteiger partial charge is 0.137 e. The van der Waals surface area contributed by atoms with Gasteiger partial charge in [0.25, 0.3) is 0 Å². The topological polar surface area (TPSA) is 19.6 Å². The lowest BCUT2D eigenvalue weighted by atomic mass is 9.70. The molecule has 0 radical (unpaired) electrons. The van der Waals surface area contributed by atoms with Gasteiger partial charge < -0.3 is 14.2 Å². The standard InChI is InChI=1S/C64H44N2O/c1-63(2)55-25-13-9-21-47(55)50-33-29-43(37-58(50)63)66(46-32-36-54-53-24-12-16-28-61(53)67-62(54)40-46)45-31-35-52-49-23-11-15-27-57(49)64(60(52)39-45)56-26-14-10-22-48(56)51-34-30-44(38-59(51)64)65(41-17-5-3-6-18-41)42-19-7-4-8-20-42/h3-40H,1-2H3/i3D,5D,6D,17D,18D.